The van der Waals surface area contributed by atoms with E-state index in [2.05, 4.69) is 33.9 Å². The monoisotopic (exact) mass is 278 g/mol. The fourth-order valence-corrected chi connectivity index (χ4v) is 3.54. The van der Waals surface area contributed by atoms with Crippen molar-refractivity contribution in [2.24, 2.45) is 16.7 Å². The van der Waals surface area contributed by atoms with E-state index in [9.17, 15) is 4.79 Å². The summed E-state index contributed by atoms with van der Waals surface area (Å²) in [5.74, 6) is 0.481. The van der Waals surface area contributed by atoms with Gasteiger partial charge in [0.15, 0.2) is 0 Å². The van der Waals surface area contributed by atoms with Crippen molar-refractivity contribution in [3.63, 3.8) is 0 Å². The summed E-state index contributed by atoms with van der Waals surface area (Å²) < 4.78 is 5.61. The number of fused-ring (bicyclic) bond motifs is 2. The molecule has 0 N–H and O–H groups in total. The molecule has 2 rings (SSSR count). The zero-order valence-corrected chi connectivity index (χ0v) is 14.0. The van der Waals surface area contributed by atoms with Gasteiger partial charge in [0.1, 0.15) is 6.10 Å². The molecular weight excluding hydrogens is 248 g/mol. The van der Waals surface area contributed by atoms with E-state index in [-0.39, 0.29) is 17.5 Å². The van der Waals surface area contributed by atoms with Gasteiger partial charge in [0.2, 0.25) is 0 Å². The molecule has 0 aromatic rings. The molecule has 0 amide bonds. The first-order valence-corrected chi connectivity index (χ1v) is 7.51. The Morgan fingerprint density at radius 2 is 1.65 bits per heavy atom. The van der Waals surface area contributed by atoms with Crippen molar-refractivity contribution >= 4 is 5.97 Å². The average molecular weight is 278 g/mol. The number of esters is 1. The van der Waals surface area contributed by atoms with E-state index in [1.165, 1.54) is 18.4 Å². The summed E-state index contributed by atoms with van der Waals surface area (Å²) in [5.41, 5.74) is 2.12. The minimum Gasteiger partial charge on any atom is -0.458 e. The summed E-state index contributed by atoms with van der Waals surface area (Å²) in [6.07, 6.45) is 3.58. The Bertz CT molecular complexity index is 415. The molecule has 2 aliphatic carbocycles. The number of hydrogen-bond acceptors (Lipinski definition) is 2. The lowest BCUT2D eigenvalue weighted by Crippen LogP contribution is -2.38. The molecule has 0 aliphatic heterocycles. The van der Waals surface area contributed by atoms with E-state index in [1.54, 1.807) is 6.92 Å². The molecule has 2 aliphatic rings. The van der Waals surface area contributed by atoms with Gasteiger partial charge in [-0.3, -0.25) is 0 Å². The maximum Gasteiger partial charge on any atom is 0.333 e. The van der Waals surface area contributed by atoms with E-state index in [1.807, 2.05) is 13.8 Å². The number of rotatable bonds is 2. The molecule has 0 aromatic carbocycles. The summed E-state index contributed by atoms with van der Waals surface area (Å²) in [5, 5.41) is 0. The van der Waals surface area contributed by atoms with Crippen LogP contribution in [0.5, 0.6) is 0 Å². The van der Waals surface area contributed by atoms with Crippen molar-refractivity contribution in [2.75, 3.05) is 0 Å². The Morgan fingerprint density at radius 3 is 1.95 bits per heavy atom. The summed E-state index contributed by atoms with van der Waals surface area (Å²) >= 11 is 0. The largest absolute Gasteiger partial charge is 0.458 e. The van der Waals surface area contributed by atoms with Crippen LogP contribution in [0.3, 0.4) is 0 Å². The predicted molar refractivity (Wildman–Crippen MR) is 84.4 cm³/mol. The number of ether oxygens (including phenoxy) is 1. The summed E-state index contributed by atoms with van der Waals surface area (Å²) in [6, 6.07) is 0. The second-order valence-electron chi connectivity index (χ2n) is 7.49. The molecule has 1 unspecified atom stereocenters. The van der Waals surface area contributed by atoms with Crippen molar-refractivity contribution in [2.45, 2.75) is 66.9 Å². The molecule has 2 fully saturated rings. The first-order chi connectivity index (χ1) is 9.02. The molecule has 3 atom stereocenters. The highest BCUT2D eigenvalue weighted by Crippen LogP contribution is 2.66. The van der Waals surface area contributed by atoms with Gasteiger partial charge in [-0.25, -0.2) is 4.79 Å². The molecule has 0 heterocycles. The van der Waals surface area contributed by atoms with Gasteiger partial charge >= 0.3 is 5.97 Å². The van der Waals surface area contributed by atoms with Crippen LogP contribution in [0.4, 0.5) is 0 Å². The van der Waals surface area contributed by atoms with Crippen molar-refractivity contribution < 1.29 is 9.53 Å². The lowest BCUT2D eigenvalue weighted by molar-refractivity contribution is -0.151. The van der Waals surface area contributed by atoms with Gasteiger partial charge in [0, 0.05) is 11.0 Å². The summed E-state index contributed by atoms with van der Waals surface area (Å²) in [6.45, 7) is 19.8. The van der Waals surface area contributed by atoms with Crippen LogP contribution in [-0.4, -0.2) is 12.1 Å². The van der Waals surface area contributed by atoms with Gasteiger partial charge in [-0.05, 0) is 51.4 Å². The number of carbonyl (C=O) groups is 1. The molecule has 20 heavy (non-hydrogen) atoms. The lowest BCUT2D eigenvalue weighted by atomic mass is 9.70. The van der Waals surface area contributed by atoms with Gasteiger partial charge in [0.05, 0.1) is 0 Å². The first-order valence-electron chi connectivity index (χ1n) is 7.51. The minimum absolute atomic E-state index is 0.0884. The fourth-order valence-electron chi connectivity index (χ4n) is 3.54. The Kier molecular flexibility index (Phi) is 4.89. The highest BCUT2D eigenvalue weighted by Gasteiger charge is 2.62. The molecular formula is C18H30O2. The molecule has 0 radical (unpaired) electrons. The molecule has 2 nitrogen and oxygen atoms in total. The number of carbonyl (C=O) groups excluding carboxylic acids is 1. The molecule has 0 spiro atoms. The number of allylic oxidation sites excluding steroid dienone is 1. The van der Waals surface area contributed by atoms with Gasteiger partial charge < -0.3 is 4.74 Å². The fraction of sp³-hybridized carbons (Fsp3) is 0.722. The topological polar surface area (TPSA) is 26.3 Å². The van der Waals surface area contributed by atoms with Crippen LogP contribution in [0.1, 0.15) is 60.8 Å². The molecule has 114 valence electrons. The van der Waals surface area contributed by atoms with Crippen molar-refractivity contribution in [3.8, 4) is 0 Å². The van der Waals surface area contributed by atoms with Crippen LogP contribution in [0, 0.1) is 16.7 Å². The van der Waals surface area contributed by atoms with Crippen LogP contribution in [-0.2, 0) is 9.53 Å². The van der Waals surface area contributed by atoms with E-state index in [4.69, 9.17) is 4.74 Å². The third-order valence-electron chi connectivity index (χ3n) is 5.31. The maximum atomic E-state index is 11.6. The summed E-state index contributed by atoms with van der Waals surface area (Å²) in [4.78, 5) is 11.6. The third kappa shape index (κ3) is 2.99. The van der Waals surface area contributed by atoms with Crippen molar-refractivity contribution in [3.05, 3.63) is 24.3 Å². The van der Waals surface area contributed by atoms with Gasteiger partial charge in [-0.2, -0.15) is 0 Å². The Balaban J connectivity index is 0.000000444. The lowest BCUT2D eigenvalue weighted by Gasteiger charge is -2.38. The average Bonchev–Trinajstić information content (AvgIpc) is 2.61. The third-order valence-corrected chi connectivity index (χ3v) is 5.31. The zero-order valence-electron chi connectivity index (χ0n) is 14.0. The normalized spacial score (nSPS) is 33.1. The van der Waals surface area contributed by atoms with E-state index in [0.717, 1.165) is 6.42 Å². The smallest absolute Gasteiger partial charge is 0.333 e. The van der Waals surface area contributed by atoms with Crippen LogP contribution in [0.15, 0.2) is 24.3 Å². The second-order valence-corrected chi connectivity index (χ2v) is 7.49. The van der Waals surface area contributed by atoms with Gasteiger partial charge in [-0.15, -0.1) is 6.58 Å². The molecule has 2 bridgehead atoms. The summed E-state index contributed by atoms with van der Waals surface area (Å²) in [7, 11) is 0. The van der Waals surface area contributed by atoms with Crippen molar-refractivity contribution in [1.82, 2.24) is 0 Å². The predicted octanol–water partition coefficient (Wildman–Crippen LogP) is 4.90. The van der Waals surface area contributed by atoms with E-state index >= 15 is 0 Å². The van der Waals surface area contributed by atoms with Crippen LogP contribution in [0.25, 0.3) is 0 Å². The molecule has 2 saturated carbocycles. The van der Waals surface area contributed by atoms with E-state index in [0.29, 0.717) is 16.9 Å². The minimum atomic E-state index is -0.227. The van der Waals surface area contributed by atoms with E-state index < -0.39 is 0 Å². The standard InChI is InChI=1S/C14H22O2.C4H8/c1-9(2)12(15)16-11-8-10-6-7-14(11,5)13(10,3)4;1-4(2)3/h10-11H,1,6-8H2,2-5H3;1H2,2-3H3/t10-,11?,14-;/m1./s1. The molecule has 0 aromatic heterocycles. The van der Waals surface area contributed by atoms with Gasteiger partial charge in [-0.1, -0.05) is 32.9 Å². The Labute approximate surface area is 124 Å². The Morgan fingerprint density at radius 1 is 1.15 bits per heavy atom. The van der Waals surface area contributed by atoms with Crippen molar-refractivity contribution in [1.29, 1.82) is 0 Å². The molecule has 2 heteroatoms. The quantitative estimate of drug-likeness (QED) is 0.408. The SMILES string of the molecule is C=C(C)C.C=C(C)C(=O)OC1C[C@H]2CC[C@@]1(C)C2(C)C. The highest BCUT2D eigenvalue weighted by atomic mass is 16.5. The van der Waals surface area contributed by atoms with Crippen LogP contribution >= 0.6 is 0 Å². The first kappa shape index (κ1) is 17.0. The van der Waals surface area contributed by atoms with Crippen LogP contribution in [0.2, 0.25) is 0 Å². The highest BCUT2D eigenvalue weighted by molar-refractivity contribution is 5.87. The zero-order chi connectivity index (χ0) is 15.7. The van der Waals surface area contributed by atoms with Gasteiger partial charge in [0.25, 0.3) is 0 Å². The second kappa shape index (κ2) is 5.75. The maximum absolute atomic E-state index is 11.6. The Hall–Kier alpha value is -1.05. The number of hydrogen-bond donors (Lipinski definition) is 0. The molecule has 0 saturated heterocycles. The van der Waals surface area contributed by atoms with Crippen LogP contribution < -0.4 is 0 Å².